The Balaban J connectivity index is 1.46. The van der Waals surface area contributed by atoms with E-state index in [0.717, 1.165) is 24.8 Å². The Kier molecular flexibility index (Phi) is 8.08. The Morgan fingerprint density at radius 3 is 2.56 bits per heavy atom. The number of ether oxygens (including phenoxy) is 2. The van der Waals surface area contributed by atoms with Gasteiger partial charge in [-0.15, -0.1) is 0 Å². The summed E-state index contributed by atoms with van der Waals surface area (Å²) in [5.74, 6) is -0.230. The lowest BCUT2D eigenvalue weighted by atomic mass is 10.1. The summed E-state index contributed by atoms with van der Waals surface area (Å²) >= 11 is 19.9. The minimum Gasteiger partial charge on any atom is -0.493 e. The van der Waals surface area contributed by atoms with Crippen molar-refractivity contribution in [3.63, 3.8) is 0 Å². The summed E-state index contributed by atoms with van der Waals surface area (Å²) in [7, 11) is 1.53. The first-order valence-electron chi connectivity index (χ1n) is 11.6. The highest BCUT2D eigenvalue weighted by Crippen LogP contribution is 2.37. The smallest absolute Gasteiger partial charge is 0.270 e. The van der Waals surface area contributed by atoms with Gasteiger partial charge < -0.3 is 9.47 Å². The minimum atomic E-state index is -0.627. The normalized spacial score (nSPS) is 14.6. The van der Waals surface area contributed by atoms with Crippen LogP contribution in [0.25, 0.3) is 16.8 Å². The number of anilines is 1. The van der Waals surface area contributed by atoms with E-state index >= 15 is 0 Å². The topological polar surface area (TPSA) is 67.9 Å². The SMILES string of the molecule is COc1cc(/C=C2\C(=O)NC(=S)N(c3cccc(Cl)c3Cl)C2=O)cc(I)c1OCc1cccc2ccccc12. The van der Waals surface area contributed by atoms with Gasteiger partial charge in [-0.05, 0) is 87.0 Å². The number of methoxy groups -OCH3 is 1. The highest BCUT2D eigenvalue weighted by atomic mass is 127. The zero-order chi connectivity index (χ0) is 27.7. The number of thiocarbonyl (C=S) groups is 1. The summed E-state index contributed by atoms with van der Waals surface area (Å²) in [6.07, 6.45) is 1.48. The molecule has 2 amide bonds. The largest absolute Gasteiger partial charge is 0.493 e. The lowest BCUT2D eigenvalue weighted by Gasteiger charge is -2.29. The van der Waals surface area contributed by atoms with Gasteiger partial charge in [-0.3, -0.25) is 19.8 Å². The highest BCUT2D eigenvalue weighted by Gasteiger charge is 2.35. The number of hydrogen-bond donors (Lipinski definition) is 1. The van der Waals surface area contributed by atoms with E-state index in [1.807, 2.05) is 24.3 Å². The van der Waals surface area contributed by atoms with E-state index in [4.69, 9.17) is 44.9 Å². The van der Waals surface area contributed by atoms with Gasteiger partial charge in [0.25, 0.3) is 11.8 Å². The summed E-state index contributed by atoms with van der Waals surface area (Å²) in [4.78, 5) is 27.4. The first kappa shape index (κ1) is 27.4. The fourth-order valence-electron chi connectivity index (χ4n) is 4.24. The molecule has 10 heteroatoms. The zero-order valence-corrected chi connectivity index (χ0v) is 24.8. The molecule has 1 aliphatic heterocycles. The third kappa shape index (κ3) is 5.47. The van der Waals surface area contributed by atoms with Crippen LogP contribution < -0.4 is 19.7 Å². The third-order valence-corrected chi connectivity index (χ3v) is 7.98. The summed E-state index contributed by atoms with van der Waals surface area (Å²) < 4.78 is 12.6. The van der Waals surface area contributed by atoms with E-state index in [9.17, 15) is 9.59 Å². The van der Waals surface area contributed by atoms with Gasteiger partial charge in [-0.2, -0.15) is 0 Å². The van der Waals surface area contributed by atoms with Crippen molar-refractivity contribution in [3.8, 4) is 11.5 Å². The molecule has 39 heavy (non-hydrogen) atoms. The predicted molar refractivity (Wildman–Crippen MR) is 167 cm³/mol. The van der Waals surface area contributed by atoms with Crippen LogP contribution in [0.4, 0.5) is 5.69 Å². The summed E-state index contributed by atoms with van der Waals surface area (Å²) in [6.45, 7) is 0.335. The van der Waals surface area contributed by atoms with Crippen LogP contribution in [0.1, 0.15) is 11.1 Å². The number of nitrogens with zero attached hydrogens (tertiary/aromatic N) is 1. The molecule has 0 atom stereocenters. The van der Waals surface area contributed by atoms with Crippen molar-refractivity contribution in [1.29, 1.82) is 0 Å². The molecule has 1 saturated heterocycles. The summed E-state index contributed by atoms with van der Waals surface area (Å²) in [5.41, 5.74) is 1.76. The molecule has 0 saturated carbocycles. The molecule has 6 nitrogen and oxygen atoms in total. The maximum absolute atomic E-state index is 13.4. The van der Waals surface area contributed by atoms with Gasteiger partial charge in [0.2, 0.25) is 0 Å². The van der Waals surface area contributed by atoms with Crippen molar-refractivity contribution in [3.05, 3.63) is 103 Å². The summed E-state index contributed by atoms with van der Waals surface area (Å²) in [5, 5.41) is 5.11. The van der Waals surface area contributed by atoms with Gasteiger partial charge in [-0.25, -0.2) is 0 Å². The number of fused-ring (bicyclic) bond motifs is 1. The Hall–Kier alpha value is -3.18. The molecular formula is C29H19Cl2IN2O4S. The average Bonchev–Trinajstić information content (AvgIpc) is 2.92. The fourth-order valence-corrected chi connectivity index (χ4v) is 5.67. The molecule has 0 unspecified atom stereocenters. The Morgan fingerprint density at radius 1 is 1.03 bits per heavy atom. The number of carbonyl (C=O) groups is 2. The van der Waals surface area contributed by atoms with E-state index in [2.05, 4.69) is 46.1 Å². The van der Waals surface area contributed by atoms with E-state index < -0.39 is 11.8 Å². The van der Waals surface area contributed by atoms with Crippen molar-refractivity contribution in [2.24, 2.45) is 0 Å². The molecule has 5 rings (SSSR count). The molecule has 1 heterocycles. The maximum Gasteiger partial charge on any atom is 0.270 e. The number of hydrogen-bond acceptors (Lipinski definition) is 5. The Labute approximate surface area is 253 Å². The molecule has 1 N–H and O–H groups in total. The second-order valence-electron chi connectivity index (χ2n) is 8.49. The lowest BCUT2D eigenvalue weighted by molar-refractivity contribution is -0.122. The highest BCUT2D eigenvalue weighted by molar-refractivity contribution is 14.1. The van der Waals surface area contributed by atoms with Gasteiger partial charge in [0.1, 0.15) is 12.2 Å². The van der Waals surface area contributed by atoms with Gasteiger partial charge >= 0.3 is 0 Å². The number of rotatable bonds is 6. The number of halogens is 3. The molecule has 0 spiro atoms. The third-order valence-electron chi connectivity index (χ3n) is 6.09. The number of benzene rings is 4. The number of nitrogens with one attached hydrogen (secondary N) is 1. The van der Waals surface area contributed by atoms with Gasteiger partial charge in [0.05, 0.1) is 26.4 Å². The molecule has 0 aromatic heterocycles. The molecule has 0 bridgehead atoms. The quantitative estimate of drug-likeness (QED) is 0.101. The standard InChI is InChI=1S/C29H19Cl2IN2O4S/c1-37-24-14-16(13-22(32)26(24)38-15-18-8-4-7-17-6-2-3-9-19(17)18)12-20-27(35)33-29(39)34(28(20)36)23-11-5-10-21(30)25(23)31/h2-14H,15H2,1H3,(H,33,35,39)/b20-12+. The first-order valence-corrected chi connectivity index (χ1v) is 13.8. The van der Waals surface area contributed by atoms with Crippen LogP contribution in [0.2, 0.25) is 10.0 Å². The van der Waals surface area contributed by atoms with Crippen molar-refractivity contribution in [2.45, 2.75) is 6.61 Å². The Morgan fingerprint density at radius 2 is 1.77 bits per heavy atom. The monoisotopic (exact) mass is 688 g/mol. The zero-order valence-electron chi connectivity index (χ0n) is 20.3. The van der Waals surface area contributed by atoms with Crippen molar-refractivity contribution in [2.75, 3.05) is 12.0 Å². The molecule has 4 aromatic carbocycles. The molecule has 0 aliphatic carbocycles. The summed E-state index contributed by atoms with van der Waals surface area (Å²) in [6, 6.07) is 22.5. The minimum absolute atomic E-state index is 0.0874. The Bertz CT molecular complexity index is 1690. The van der Waals surface area contributed by atoms with Crippen LogP contribution in [0.5, 0.6) is 11.5 Å². The average molecular weight is 689 g/mol. The molecule has 1 aliphatic rings. The van der Waals surface area contributed by atoms with Crippen molar-refractivity contribution < 1.29 is 19.1 Å². The van der Waals surface area contributed by atoms with Crippen LogP contribution in [0, 0.1) is 3.57 Å². The lowest BCUT2D eigenvalue weighted by Crippen LogP contribution is -2.54. The second-order valence-corrected chi connectivity index (χ2v) is 10.8. The number of amides is 2. The van der Waals surface area contributed by atoms with Gasteiger partial charge in [0, 0.05) is 0 Å². The predicted octanol–water partition coefficient (Wildman–Crippen LogP) is 7.17. The van der Waals surface area contributed by atoms with Crippen molar-refractivity contribution >= 4 is 97.5 Å². The van der Waals surface area contributed by atoms with Crippen molar-refractivity contribution in [1.82, 2.24) is 5.32 Å². The molecule has 0 radical (unpaired) electrons. The molecule has 1 fully saturated rings. The van der Waals surface area contributed by atoms with E-state index in [1.54, 1.807) is 30.3 Å². The fraction of sp³-hybridized carbons (Fsp3) is 0.0690. The molecule has 196 valence electrons. The van der Waals surface area contributed by atoms with Gasteiger partial charge in [-0.1, -0.05) is 71.7 Å². The maximum atomic E-state index is 13.4. The van der Waals surface area contributed by atoms with Crippen LogP contribution in [-0.2, 0) is 16.2 Å². The van der Waals surface area contributed by atoms with Crippen LogP contribution in [-0.4, -0.2) is 24.0 Å². The van der Waals surface area contributed by atoms with E-state index in [1.165, 1.54) is 13.2 Å². The van der Waals surface area contributed by atoms with Gasteiger partial charge in [0.15, 0.2) is 16.6 Å². The number of carbonyl (C=O) groups excluding carboxylic acids is 2. The van der Waals surface area contributed by atoms with Crippen LogP contribution >= 0.6 is 58.0 Å². The first-order chi connectivity index (χ1) is 18.8. The van der Waals surface area contributed by atoms with Crippen LogP contribution in [0.15, 0.2) is 78.4 Å². The molecular weight excluding hydrogens is 670 g/mol. The molecule has 4 aromatic rings. The second kappa shape index (κ2) is 11.5. The van der Waals surface area contributed by atoms with E-state index in [0.29, 0.717) is 23.7 Å². The van der Waals surface area contributed by atoms with E-state index in [-0.39, 0.29) is 26.4 Å². The van der Waals surface area contributed by atoms with Crippen LogP contribution in [0.3, 0.4) is 0 Å².